The van der Waals surface area contributed by atoms with E-state index >= 15 is 0 Å². The van der Waals surface area contributed by atoms with E-state index < -0.39 is 0 Å². The van der Waals surface area contributed by atoms with Gasteiger partial charge in [0.25, 0.3) is 5.56 Å². The molecule has 1 atom stereocenters. The van der Waals surface area contributed by atoms with Crippen molar-refractivity contribution in [1.82, 2.24) is 14.5 Å². The van der Waals surface area contributed by atoms with Gasteiger partial charge < -0.3 is 5.32 Å². The summed E-state index contributed by atoms with van der Waals surface area (Å²) in [5.41, 5.74) is 2.43. The lowest BCUT2D eigenvalue weighted by molar-refractivity contribution is -0.113. The van der Waals surface area contributed by atoms with Crippen LogP contribution in [0.2, 0.25) is 0 Å². The van der Waals surface area contributed by atoms with Crippen LogP contribution >= 0.6 is 23.1 Å². The normalized spacial score (nSPS) is 12.1. The minimum Gasteiger partial charge on any atom is -0.325 e. The second kappa shape index (κ2) is 9.79. The van der Waals surface area contributed by atoms with Crippen molar-refractivity contribution in [2.24, 2.45) is 0 Å². The number of hydrogen-bond acceptors (Lipinski definition) is 6. The Morgan fingerprint density at radius 3 is 2.56 bits per heavy atom. The van der Waals surface area contributed by atoms with Gasteiger partial charge >= 0.3 is 0 Å². The molecule has 0 fully saturated rings. The summed E-state index contributed by atoms with van der Waals surface area (Å²) < 4.78 is 2.29. The lowest BCUT2D eigenvalue weighted by Gasteiger charge is -2.17. The van der Waals surface area contributed by atoms with Gasteiger partial charge in [-0.3, -0.25) is 14.2 Å². The third kappa shape index (κ3) is 4.60. The summed E-state index contributed by atoms with van der Waals surface area (Å²) in [4.78, 5) is 36.3. The SMILES string of the molecule is CC(Cn1c(SCC(=O)Nc2ccccc2)nc2c(sc3ncccc32)c1=O)c1ccccc1. The van der Waals surface area contributed by atoms with E-state index in [1.54, 1.807) is 10.8 Å². The van der Waals surface area contributed by atoms with Crippen molar-refractivity contribution in [3.05, 3.63) is 94.9 Å². The molecule has 0 saturated heterocycles. The maximum Gasteiger partial charge on any atom is 0.272 e. The maximum atomic E-state index is 13.6. The summed E-state index contributed by atoms with van der Waals surface area (Å²) in [6.07, 6.45) is 1.72. The summed E-state index contributed by atoms with van der Waals surface area (Å²) in [5.74, 6) is 0.0977. The van der Waals surface area contributed by atoms with Crippen LogP contribution in [-0.4, -0.2) is 26.2 Å². The van der Waals surface area contributed by atoms with Crippen molar-refractivity contribution in [3.8, 4) is 0 Å². The first kappa shape index (κ1) is 22.3. The summed E-state index contributed by atoms with van der Waals surface area (Å²) in [7, 11) is 0. The lowest BCUT2D eigenvalue weighted by atomic mass is 10.0. The molecule has 5 rings (SSSR count). The number of carbonyl (C=O) groups excluding carboxylic acids is 1. The Kier molecular flexibility index (Phi) is 6.42. The van der Waals surface area contributed by atoms with E-state index in [4.69, 9.17) is 4.98 Å². The highest BCUT2D eigenvalue weighted by Crippen LogP contribution is 2.31. The van der Waals surface area contributed by atoms with Crippen molar-refractivity contribution >= 4 is 55.1 Å². The molecule has 3 aromatic heterocycles. The molecule has 1 unspecified atom stereocenters. The molecule has 0 bridgehead atoms. The first-order valence-corrected chi connectivity index (χ1v) is 12.7. The molecular formula is C26H22N4O2S2. The summed E-state index contributed by atoms with van der Waals surface area (Å²) in [5, 5.41) is 4.29. The van der Waals surface area contributed by atoms with Gasteiger partial charge in [0.15, 0.2) is 5.16 Å². The largest absolute Gasteiger partial charge is 0.325 e. The number of para-hydroxylation sites is 1. The second-order valence-corrected chi connectivity index (χ2v) is 9.90. The number of thioether (sulfide) groups is 1. The van der Waals surface area contributed by atoms with Crippen LogP contribution in [0.5, 0.6) is 0 Å². The van der Waals surface area contributed by atoms with Crippen molar-refractivity contribution in [2.45, 2.75) is 24.5 Å². The average Bonchev–Trinajstić information content (AvgIpc) is 3.24. The number of anilines is 1. The molecule has 1 amide bonds. The van der Waals surface area contributed by atoms with Gasteiger partial charge in [-0.05, 0) is 35.7 Å². The number of aromatic nitrogens is 3. The molecule has 0 aliphatic heterocycles. The van der Waals surface area contributed by atoms with Crippen molar-refractivity contribution in [3.63, 3.8) is 0 Å². The number of rotatable bonds is 7. The van der Waals surface area contributed by atoms with E-state index in [0.29, 0.717) is 21.9 Å². The Morgan fingerprint density at radius 1 is 1.06 bits per heavy atom. The van der Waals surface area contributed by atoms with Crippen molar-refractivity contribution < 1.29 is 4.79 Å². The van der Waals surface area contributed by atoms with E-state index in [-0.39, 0.29) is 23.1 Å². The van der Waals surface area contributed by atoms with E-state index in [2.05, 4.69) is 29.4 Å². The van der Waals surface area contributed by atoms with Gasteiger partial charge in [-0.25, -0.2) is 9.97 Å². The quantitative estimate of drug-likeness (QED) is 0.241. The van der Waals surface area contributed by atoms with Gasteiger partial charge in [0, 0.05) is 23.8 Å². The Bertz CT molecular complexity index is 1510. The summed E-state index contributed by atoms with van der Waals surface area (Å²) in [6.45, 7) is 2.56. The number of benzene rings is 2. The number of thiophene rings is 1. The Balaban J connectivity index is 1.50. The molecule has 0 spiro atoms. The molecule has 0 aliphatic rings. The van der Waals surface area contributed by atoms with Crippen LogP contribution < -0.4 is 10.9 Å². The first-order valence-electron chi connectivity index (χ1n) is 10.9. The zero-order valence-corrected chi connectivity index (χ0v) is 20.1. The van der Waals surface area contributed by atoms with Gasteiger partial charge in [0.2, 0.25) is 5.91 Å². The van der Waals surface area contributed by atoms with Crippen molar-refractivity contribution in [2.75, 3.05) is 11.1 Å². The summed E-state index contributed by atoms with van der Waals surface area (Å²) >= 11 is 2.64. The Hall–Kier alpha value is -3.49. The number of carbonyl (C=O) groups is 1. The van der Waals surface area contributed by atoms with Crippen molar-refractivity contribution in [1.29, 1.82) is 0 Å². The van der Waals surface area contributed by atoms with Crippen LogP contribution in [0, 0.1) is 0 Å². The molecule has 8 heteroatoms. The van der Waals surface area contributed by atoms with Gasteiger partial charge in [-0.15, -0.1) is 11.3 Å². The molecule has 0 radical (unpaired) electrons. The van der Waals surface area contributed by atoms with Gasteiger partial charge in [-0.1, -0.05) is 67.2 Å². The highest BCUT2D eigenvalue weighted by atomic mass is 32.2. The number of nitrogens with one attached hydrogen (secondary N) is 1. The fraction of sp³-hybridized carbons (Fsp3) is 0.154. The highest BCUT2D eigenvalue weighted by molar-refractivity contribution is 7.99. The molecule has 0 saturated carbocycles. The first-order chi connectivity index (χ1) is 16.6. The van der Waals surface area contributed by atoms with Crippen LogP contribution in [0.4, 0.5) is 5.69 Å². The molecule has 5 aromatic rings. The van der Waals surface area contributed by atoms with Crippen LogP contribution in [-0.2, 0) is 11.3 Å². The fourth-order valence-electron chi connectivity index (χ4n) is 3.82. The van der Waals surface area contributed by atoms with Crippen LogP contribution in [0.15, 0.2) is 88.9 Å². The molecule has 3 heterocycles. The number of pyridine rings is 1. The standard InChI is InChI=1S/C26H22N4O2S2/c1-17(18-9-4-2-5-10-18)15-30-25(32)23-22(20-13-8-14-27-24(20)34-23)29-26(30)33-16-21(31)28-19-11-6-3-7-12-19/h2-14,17H,15-16H2,1H3,(H,28,31). The third-order valence-corrected chi connectivity index (χ3v) is 7.60. The van der Waals surface area contributed by atoms with E-state index in [1.807, 2.05) is 60.7 Å². The minimum absolute atomic E-state index is 0.0956. The topological polar surface area (TPSA) is 76.9 Å². The van der Waals surface area contributed by atoms with Gasteiger partial charge in [0.05, 0.1) is 11.3 Å². The van der Waals surface area contributed by atoms with Gasteiger partial charge in [0.1, 0.15) is 9.53 Å². The number of fused-ring (bicyclic) bond motifs is 3. The Morgan fingerprint density at radius 2 is 1.79 bits per heavy atom. The average molecular weight is 487 g/mol. The Labute approximate surface area is 204 Å². The zero-order chi connectivity index (χ0) is 23.5. The monoisotopic (exact) mass is 486 g/mol. The number of amides is 1. The molecule has 0 aliphatic carbocycles. The number of hydrogen-bond donors (Lipinski definition) is 1. The maximum absolute atomic E-state index is 13.6. The van der Waals surface area contributed by atoms with Crippen LogP contribution in [0.3, 0.4) is 0 Å². The second-order valence-electron chi connectivity index (χ2n) is 7.96. The van der Waals surface area contributed by atoms with E-state index in [1.165, 1.54) is 23.1 Å². The van der Waals surface area contributed by atoms with E-state index in [9.17, 15) is 9.59 Å². The molecule has 34 heavy (non-hydrogen) atoms. The molecular weight excluding hydrogens is 464 g/mol. The van der Waals surface area contributed by atoms with Crippen LogP contribution in [0.25, 0.3) is 20.4 Å². The van der Waals surface area contributed by atoms with E-state index in [0.717, 1.165) is 21.5 Å². The zero-order valence-electron chi connectivity index (χ0n) is 18.5. The minimum atomic E-state index is -0.148. The summed E-state index contributed by atoms with van der Waals surface area (Å²) in [6, 6.07) is 23.2. The molecule has 6 nitrogen and oxygen atoms in total. The molecule has 170 valence electrons. The predicted octanol–water partition coefficient (Wildman–Crippen LogP) is 5.54. The fourth-order valence-corrected chi connectivity index (χ4v) is 5.65. The van der Waals surface area contributed by atoms with Crippen LogP contribution in [0.1, 0.15) is 18.4 Å². The van der Waals surface area contributed by atoms with Gasteiger partial charge in [-0.2, -0.15) is 0 Å². The highest BCUT2D eigenvalue weighted by Gasteiger charge is 2.19. The molecule has 1 N–H and O–H groups in total. The molecule has 2 aromatic carbocycles. The predicted molar refractivity (Wildman–Crippen MR) is 140 cm³/mol. The lowest BCUT2D eigenvalue weighted by Crippen LogP contribution is -2.25. The third-order valence-electron chi connectivity index (χ3n) is 5.53. The smallest absolute Gasteiger partial charge is 0.272 e. The number of nitrogens with zero attached hydrogens (tertiary/aromatic N) is 3.